The Morgan fingerprint density at radius 2 is 2.15 bits per heavy atom. The van der Waals surface area contributed by atoms with Gasteiger partial charge in [0.15, 0.2) is 5.82 Å². The second kappa shape index (κ2) is 6.11. The molecule has 0 saturated heterocycles. The number of rotatable bonds is 5. The van der Waals surface area contributed by atoms with Gasteiger partial charge < -0.3 is 15.0 Å². The van der Waals surface area contributed by atoms with Gasteiger partial charge in [-0.25, -0.2) is 4.39 Å². The summed E-state index contributed by atoms with van der Waals surface area (Å²) >= 11 is 0. The van der Waals surface area contributed by atoms with E-state index in [-0.39, 0.29) is 11.9 Å². The van der Waals surface area contributed by atoms with Gasteiger partial charge >= 0.3 is 0 Å². The van der Waals surface area contributed by atoms with Crippen LogP contribution >= 0.6 is 0 Å². The first-order valence-electron chi connectivity index (χ1n) is 6.44. The normalized spacial score (nSPS) is 12.9. The van der Waals surface area contributed by atoms with Crippen LogP contribution in [0.2, 0.25) is 0 Å². The van der Waals surface area contributed by atoms with Crippen LogP contribution in [-0.4, -0.2) is 22.9 Å². The summed E-state index contributed by atoms with van der Waals surface area (Å²) in [5.74, 6) is 0.412. The molecular weight excluding hydrogens is 261 g/mol. The van der Waals surface area contributed by atoms with Crippen LogP contribution in [0, 0.1) is 12.7 Å². The number of hydrogen-bond acceptors (Lipinski definition) is 5. The standard InChI is InChI=1S/C14H18FN3O2/c1-8(2)19-7-12(16)13-17-14(20-18-13)11-5-4-10(15)6-9(11)3/h4-6,8,12H,7,16H2,1-3H3. The van der Waals surface area contributed by atoms with Gasteiger partial charge in [-0.3, -0.25) is 0 Å². The fourth-order valence-corrected chi connectivity index (χ4v) is 1.73. The van der Waals surface area contributed by atoms with Crippen molar-refractivity contribution in [1.29, 1.82) is 0 Å². The Morgan fingerprint density at radius 1 is 1.40 bits per heavy atom. The Hall–Kier alpha value is -1.79. The Bertz CT molecular complexity index is 584. The van der Waals surface area contributed by atoms with Crippen molar-refractivity contribution in [3.05, 3.63) is 35.4 Å². The average Bonchev–Trinajstić information content (AvgIpc) is 2.85. The molecule has 1 atom stereocenters. The zero-order valence-electron chi connectivity index (χ0n) is 11.8. The molecule has 0 fully saturated rings. The second-order valence-corrected chi connectivity index (χ2v) is 4.91. The fourth-order valence-electron chi connectivity index (χ4n) is 1.73. The van der Waals surface area contributed by atoms with Crippen LogP contribution in [-0.2, 0) is 4.74 Å². The van der Waals surface area contributed by atoms with E-state index >= 15 is 0 Å². The molecule has 0 radical (unpaired) electrons. The summed E-state index contributed by atoms with van der Waals surface area (Å²) in [7, 11) is 0. The Kier molecular flexibility index (Phi) is 4.46. The summed E-state index contributed by atoms with van der Waals surface area (Å²) in [4.78, 5) is 4.24. The second-order valence-electron chi connectivity index (χ2n) is 4.91. The number of benzene rings is 1. The van der Waals surface area contributed by atoms with E-state index in [4.69, 9.17) is 15.0 Å². The number of hydrogen-bond donors (Lipinski definition) is 1. The van der Waals surface area contributed by atoms with E-state index in [0.717, 1.165) is 5.56 Å². The summed E-state index contributed by atoms with van der Waals surface area (Å²) in [5, 5.41) is 3.85. The lowest BCUT2D eigenvalue weighted by molar-refractivity contribution is 0.0665. The first-order chi connectivity index (χ1) is 9.47. The third kappa shape index (κ3) is 3.40. The maximum Gasteiger partial charge on any atom is 0.258 e. The van der Waals surface area contributed by atoms with Gasteiger partial charge in [0.25, 0.3) is 5.89 Å². The highest BCUT2D eigenvalue weighted by Gasteiger charge is 2.17. The van der Waals surface area contributed by atoms with Crippen molar-refractivity contribution in [2.75, 3.05) is 6.61 Å². The number of nitrogens with two attached hydrogens (primary N) is 1. The molecule has 0 bridgehead atoms. The van der Waals surface area contributed by atoms with Crippen LogP contribution in [0.4, 0.5) is 4.39 Å². The molecule has 0 aliphatic carbocycles. The van der Waals surface area contributed by atoms with Crippen molar-refractivity contribution in [3.8, 4) is 11.5 Å². The number of halogens is 1. The highest BCUT2D eigenvalue weighted by molar-refractivity contribution is 5.57. The van der Waals surface area contributed by atoms with Crippen LogP contribution in [0.15, 0.2) is 22.7 Å². The van der Waals surface area contributed by atoms with Crippen molar-refractivity contribution in [2.24, 2.45) is 5.73 Å². The van der Waals surface area contributed by atoms with Crippen LogP contribution in [0.3, 0.4) is 0 Å². The fraction of sp³-hybridized carbons (Fsp3) is 0.429. The Balaban J connectivity index is 2.16. The lowest BCUT2D eigenvalue weighted by Crippen LogP contribution is -2.20. The van der Waals surface area contributed by atoms with Gasteiger partial charge in [-0.15, -0.1) is 0 Å². The van der Waals surface area contributed by atoms with Gasteiger partial charge in [-0.05, 0) is 44.5 Å². The zero-order chi connectivity index (χ0) is 14.7. The highest BCUT2D eigenvalue weighted by atomic mass is 19.1. The van der Waals surface area contributed by atoms with E-state index in [0.29, 0.717) is 23.9 Å². The summed E-state index contributed by atoms with van der Waals surface area (Å²) in [6.07, 6.45) is 0.0896. The van der Waals surface area contributed by atoms with E-state index in [1.54, 1.807) is 13.0 Å². The summed E-state index contributed by atoms with van der Waals surface area (Å²) < 4.78 is 23.7. The van der Waals surface area contributed by atoms with Gasteiger partial charge in [0.05, 0.1) is 18.8 Å². The van der Waals surface area contributed by atoms with Crippen molar-refractivity contribution >= 4 is 0 Å². The molecule has 0 aliphatic heterocycles. The molecule has 1 unspecified atom stereocenters. The largest absolute Gasteiger partial charge is 0.377 e. The molecule has 0 spiro atoms. The minimum absolute atomic E-state index is 0.0896. The van der Waals surface area contributed by atoms with Crippen LogP contribution in [0.1, 0.15) is 31.3 Å². The number of aryl methyl sites for hydroxylation is 1. The lowest BCUT2D eigenvalue weighted by Gasteiger charge is -2.10. The van der Waals surface area contributed by atoms with Crippen molar-refractivity contribution in [1.82, 2.24) is 10.1 Å². The van der Waals surface area contributed by atoms with Crippen LogP contribution in [0.5, 0.6) is 0 Å². The SMILES string of the molecule is Cc1cc(F)ccc1-c1nc(C(N)COC(C)C)no1. The molecule has 0 aliphatic rings. The van der Waals surface area contributed by atoms with Crippen molar-refractivity contribution in [2.45, 2.75) is 32.9 Å². The first kappa shape index (κ1) is 14.6. The topological polar surface area (TPSA) is 74.2 Å². The number of ether oxygens (including phenoxy) is 1. The summed E-state index contributed by atoms with van der Waals surface area (Å²) in [6.45, 7) is 5.95. The molecule has 2 N–H and O–H groups in total. The van der Waals surface area contributed by atoms with Crippen molar-refractivity contribution < 1.29 is 13.7 Å². The number of nitrogens with zero attached hydrogens (tertiary/aromatic N) is 2. The quantitative estimate of drug-likeness (QED) is 0.910. The molecule has 5 nitrogen and oxygen atoms in total. The van der Waals surface area contributed by atoms with Gasteiger partial charge in [0.2, 0.25) is 0 Å². The molecule has 20 heavy (non-hydrogen) atoms. The highest BCUT2D eigenvalue weighted by Crippen LogP contribution is 2.23. The molecule has 1 aromatic carbocycles. The van der Waals surface area contributed by atoms with Crippen LogP contribution < -0.4 is 5.73 Å². The lowest BCUT2D eigenvalue weighted by atomic mass is 10.1. The Morgan fingerprint density at radius 3 is 2.80 bits per heavy atom. The Labute approximate surface area is 116 Å². The summed E-state index contributed by atoms with van der Waals surface area (Å²) in [5.41, 5.74) is 7.35. The monoisotopic (exact) mass is 279 g/mol. The van der Waals surface area contributed by atoms with E-state index < -0.39 is 6.04 Å². The third-order valence-corrected chi connectivity index (χ3v) is 2.80. The van der Waals surface area contributed by atoms with Gasteiger partial charge in [0.1, 0.15) is 5.82 Å². The minimum atomic E-state index is -0.448. The molecule has 0 amide bonds. The predicted molar refractivity (Wildman–Crippen MR) is 72.4 cm³/mol. The maximum absolute atomic E-state index is 13.1. The maximum atomic E-state index is 13.1. The summed E-state index contributed by atoms with van der Waals surface area (Å²) in [6, 6.07) is 3.93. The first-order valence-corrected chi connectivity index (χ1v) is 6.44. The van der Waals surface area contributed by atoms with E-state index in [1.165, 1.54) is 12.1 Å². The van der Waals surface area contributed by atoms with Gasteiger partial charge in [-0.2, -0.15) is 4.98 Å². The zero-order valence-corrected chi connectivity index (χ0v) is 11.8. The van der Waals surface area contributed by atoms with Gasteiger partial charge in [-0.1, -0.05) is 5.16 Å². The number of aromatic nitrogens is 2. The molecule has 2 aromatic rings. The smallest absolute Gasteiger partial charge is 0.258 e. The third-order valence-electron chi connectivity index (χ3n) is 2.80. The van der Waals surface area contributed by atoms with Gasteiger partial charge in [0, 0.05) is 5.56 Å². The molecule has 108 valence electrons. The van der Waals surface area contributed by atoms with Crippen LogP contribution in [0.25, 0.3) is 11.5 Å². The molecular formula is C14H18FN3O2. The molecule has 2 rings (SSSR count). The molecule has 6 heteroatoms. The minimum Gasteiger partial charge on any atom is -0.377 e. The van der Waals surface area contributed by atoms with E-state index in [9.17, 15) is 4.39 Å². The molecule has 1 heterocycles. The molecule has 0 saturated carbocycles. The van der Waals surface area contributed by atoms with E-state index in [2.05, 4.69) is 10.1 Å². The van der Waals surface area contributed by atoms with E-state index in [1.807, 2.05) is 13.8 Å². The van der Waals surface area contributed by atoms with Crippen molar-refractivity contribution in [3.63, 3.8) is 0 Å². The average molecular weight is 279 g/mol. The molecule has 1 aromatic heterocycles. The predicted octanol–water partition coefficient (Wildman–Crippen LogP) is 2.61.